The van der Waals surface area contributed by atoms with Crippen LogP contribution in [0.3, 0.4) is 0 Å². The lowest BCUT2D eigenvalue weighted by Gasteiger charge is -2.15. The van der Waals surface area contributed by atoms with Crippen LogP contribution < -0.4 is 5.32 Å². The lowest BCUT2D eigenvalue weighted by Crippen LogP contribution is -2.19. The van der Waals surface area contributed by atoms with Crippen LogP contribution in [0.15, 0.2) is 48.5 Å². The first kappa shape index (κ1) is 18.7. The van der Waals surface area contributed by atoms with Crippen molar-refractivity contribution < 1.29 is 4.79 Å². The van der Waals surface area contributed by atoms with Gasteiger partial charge in [0, 0.05) is 31.6 Å². The molecule has 1 aliphatic heterocycles. The number of anilines is 1. The molecule has 0 unspecified atom stereocenters. The molecule has 0 spiro atoms. The van der Waals surface area contributed by atoms with Gasteiger partial charge < -0.3 is 9.88 Å². The molecule has 4 rings (SSSR count). The van der Waals surface area contributed by atoms with Crippen LogP contribution in [0.2, 0.25) is 0 Å². The molecule has 1 saturated heterocycles. The van der Waals surface area contributed by atoms with Gasteiger partial charge in [0.15, 0.2) is 0 Å². The number of fused-ring (bicyclic) bond motifs is 1. The lowest BCUT2D eigenvalue weighted by molar-refractivity contribution is -0.116. The number of aryl methyl sites for hydroxylation is 2. The molecule has 1 N–H and O–H groups in total. The minimum atomic E-state index is 0.0400. The van der Waals surface area contributed by atoms with E-state index in [4.69, 9.17) is 0 Å². The van der Waals surface area contributed by atoms with Crippen molar-refractivity contribution in [3.63, 3.8) is 0 Å². The summed E-state index contributed by atoms with van der Waals surface area (Å²) in [5.41, 5.74) is 4.23. The summed E-state index contributed by atoms with van der Waals surface area (Å²) in [4.78, 5) is 19.7. The van der Waals surface area contributed by atoms with Crippen molar-refractivity contribution in [3.8, 4) is 0 Å². The molecule has 1 amide bonds. The molecule has 2 heterocycles. The van der Waals surface area contributed by atoms with Crippen molar-refractivity contribution >= 4 is 22.6 Å². The van der Waals surface area contributed by atoms with Gasteiger partial charge in [0.1, 0.15) is 5.82 Å². The summed E-state index contributed by atoms with van der Waals surface area (Å²) in [6, 6.07) is 16.3. The molecule has 1 aromatic heterocycles. The first-order chi connectivity index (χ1) is 13.7. The number of hydrogen-bond donors (Lipinski definition) is 1. The molecule has 0 aliphatic carbocycles. The summed E-state index contributed by atoms with van der Waals surface area (Å²) >= 11 is 0. The standard InChI is InChI=1S/C23H28N4O/c1-2-22-25-20-10-3-4-11-21(20)27(22)15-12-23(28)24-19-9-7-8-18(16-19)17-26-13-5-6-14-26/h3-4,7-11,16H,2,5-6,12-15,17H2,1H3,(H,24,28). The zero-order chi connectivity index (χ0) is 19.3. The fourth-order valence-electron chi connectivity index (χ4n) is 4.03. The van der Waals surface area contributed by atoms with E-state index in [1.54, 1.807) is 0 Å². The molecule has 0 saturated carbocycles. The van der Waals surface area contributed by atoms with Crippen molar-refractivity contribution in [2.75, 3.05) is 18.4 Å². The van der Waals surface area contributed by atoms with E-state index in [1.165, 1.54) is 31.5 Å². The van der Waals surface area contributed by atoms with Gasteiger partial charge in [0.2, 0.25) is 5.91 Å². The summed E-state index contributed by atoms with van der Waals surface area (Å²) < 4.78 is 2.17. The molecule has 0 atom stereocenters. The minimum absolute atomic E-state index is 0.0400. The largest absolute Gasteiger partial charge is 0.327 e. The van der Waals surface area contributed by atoms with E-state index in [-0.39, 0.29) is 5.91 Å². The second kappa shape index (κ2) is 8.57. The second-order valence-corrected chi connectivity index (χ2v) is 7.50. The number of carbonyl (C=O) groups is 1. The first-order valence-electron chi connectivity index (χ1n) is 10.3. The molecule has 3 aromatic rings. The number of imidazole rings is 1. The van der Waals surface area contributed by atoms with Gasteiger partial charge in [-0.2, -0.15) is 0 Å². The summed E-state index contributed by atoms with van der Waals surface area (Å²) in [5.74, 6) is 1.07. The maximum absolute atomic E-state index is 12.5. The van der Waals surface area contributed by atoms with E-state index in [0.29, 0.717) is 13.0 Å². The Morgan fingerprint density at radius 3 is 2.75 bits per heavy atom. The summed E-state index contributed by atoms with van der Waals surface area (Å²) in [6.45, 7) is 6.06. The van der Waals surface area contributed by atoms with E-state index < -0.39 is 0 Å². The molecule has 0 radical (unpaired) electrons. The highest BCUT2D eigenvalue weighted by atomic mass is 16.1. The highest BCUT2D eigenvalue weighted by Crippen LogP contribution is 2.18. The van der Waals surface area contributed by atoms with Crippen molar-refractivity contribution in [2.24, 2.45) is 0 Å². The molecule has 146 valence electrons. The van der Waals surface area contributed by atoms with Crippen molar-refractivity contribution in [2.45, 2.75) is 45.7 Å². The maximum Gasteiger partial charge on any atom is 0.226 e. The number of hydrogen-bond acceptors (Lipinski definition) is 3. The van der Waals surface area contributed by atoms with Crippen LogP contribution in [0.5, 0.6) is 0 Å². The highest BCUT2D eigenvalue weighted by molar-refractivity contribution is 5.90. The van der Waals surface area contributed by atoms with Crippen LogP contribution in [-0.4, -0.2) is 33.4 Å². The number of para-hydroxylation sites is 2. The van der Waals surface area contributed by atoms with E-state index in [0.717, 1.165) is 35.5 Å². The first-order valence-corrected chi connectivity index (χ1v) is 10.3. The van der Waals surface area contributed by atoms with Crippen LogP contribution in [-0.2, 0) is 24.3 Å². The monoisotopic (exact) mass is 376 g/mol. The van der Waals surface area contributed by atoms with Gasteiger partial charge in [-0.15, -0.1) is 0 Å². The number of benzene rings is 2. The molecule has 2 aromatic carbocycles. The third kappa shape index (κ3) is 4.25. The zero-order valence-corrected chi connectivity index (χ0v) is 16.5. The molecule has 1 aliphatic rings. The molecular weight excluding hydrogens is 348 g/mol. The van der Waals surface area contributed by atoms with Gasteiger partial charge >= 0.3 is 0 Å². The van der Waals surface area contributed by atoms with Crippen molar-refractivity contribution in [1.82, 2.24) is 14.5 Å². The molecule has 5 heteroatoms. The fourth-order valence-corrected chi connectivity index (χ4v) is 4.03. The van der Waals surface area contributed by atoms with Crippen LogP contribution >= 0.6 is 0 Å². The van der Waals surface area contributed by atoms with Gasteiger partial charge in [0.25, 0.3) is 0 Å². The normalized spacial score (nSPS) is 14.6. The Balaban J connectivity index is 1.38. The Bertz CT molecular complexity index is 956. The van der Waals surface area contributed by atoms with Crippen LogP contribution in [0.1, 0.15) is 37.6 Å². The predicted octanol–water partition coefficient (Wildman–Crippen LogP) is 4.22. The van der Waals surface area contributed by atoms with Gasteiger partial charge in [0.05, 0.1) is 11.0 Å². The van der Waals surface area contributed by atoms with Gasteiger partial charge in [-0.25, -0.2) is 4.98 Å². The van der Waals surface area contributed by atoms with Crippen LogP contribution in [0.25, 0.3) is 11.0 Å². The molecule has 5 nitrogen and oxygen atoms in total. The van der Waals surface area contributed by atoms with E-state index >= 15 is 0 Å². The number of amides is 1. The Hall–Kier alpha value is -2.66. The summed E-state index contributed by atoms with van der Waals surface area (Å²) in [7, 11) is 0. The highest BCUT2D eigenvalue weighted by Gasteiger charge is 2.13. The number of nitrogens with zero attached hydrogens (tertiary/aromatic N) is 3. The Morgan fingerprint density at radius 2 is 1.93 bits per heavy atom. The third-order valence-electron chi connectivity index (χ3n) is 5.43. The number of nitrogens with one attached hydrogen (secondary N) is 1. The van der Waals surface area contributed by atoms with Crippen LogP contribution in [0, 0.1) is 0 Å². The van der Waals surface area contributed by atoms with Crippen LogP contribution in [0.4, 0.5) is 5.69 Å². The number of carbonyl (C=O) groups excluding carboxylic acids is 1. The van der Waals surface area contributed by atoms with Crippen molar-refractivity contribution in [3.05, 3.63) is 59.9 Å². The van der Waals surface area contributed by atoms with E-state index in [1.807, 2.05) is 30.3 Å². The second-order valence-electron chi connectivity index (χ2n) is 7.50. The summed E-state index contributed by atoms with van der Waals surface area (Å²) in [5, 5.41) is 3.06. The molecular formula is C23H28N4O. The quantitative estimate of drug-likeness (QED) is 0.672. The third-order valence-corrected chi connectivity index (χ3v) is 5.43. The summed E-state index contributed by atoms with van der Waals surface area (Å²) in [6.07, 6.45) is 3.87. The smallest absolute Gasteiger partial charge is 0.226 e. The maximum atomic E-state index is 12.5. The average molecular weight is 377 g/mol. The Morgan fingerprint density at radius 1 is 1.11 bits per heavy atom. The zero-order valence-electron chi connectivity index (χ0n) is 16.5. The van der Waals surface area contributed by atoms with Gasteiger partial charge in [-0.05, 0) is 55.8 Å². The molecule has 28 heavy (non-hydrogen) atoms. The molecule has 0 bridgehead atoms. The molecule has 1 fully saturated rings. The lowest BCUT2D eigenvalue weighted by atomic mass is 10.2. The number of aromatic nitrogens is 2. The Labute approximate surface area is 166 Å². The SMILES string of the molecule is CCc1nc2ccccc2n1CCC(=O)Nc1cccc(CN2CCCC2)c1. The van der Waals surface area contributed by atoms with Gasteiger partial charge in [-0.1, -0.05) is 31.2 Å². The fraction of sp³-hybridized carbons (Fsp3) is 0.391. The number of likely N-dealkylation sites (tertiary alicyclic amines) is 1. The number of rotatable bonds is 7. The van der Waals surface area contributed by atoms with E-state index in [2.05, 4.69) is 44.9 Å². The average Bonchev–Trinajstić information content (AvgIpc) is 3.34. The van der Waals surface area contributed by atoms with Gasteiger partial charge in [-0.3, -0.25) is 9.69 Å². The Kier molecular flexibility index (Phi) is 5.72. The topological polar surface area (TPSA) is 50.2 Å². The van der Waals surface area contributed by atoms with Crippen molar-refractivity contribution in [1.29, 1.82) is 0 Å². The minimum Gasteiger partial charge on any atom is -0.327 e. The predicted molar refractivity (Wildman–Crippen MR) is 113 cm³/mol. The van der Waals surface area contributed by atoms with E-state index in [9.17, 15) is 4.79 Å².